The van der Waals surface area contributed by atoms with Crippen LogP contribution in [0, 0.1) is 19.7 Å². The maximum atomic E-state index is 13.2. The molecule has 0 aliphatic carbocycles. The molecule has 1 fully saturated rings. The van der Waals surface area contributed by atoms with E-state index in [2.05, 4.69) is 10.1 Å². The second kappa shape index (κ2) is 7.26. The molecule has 1 unspecified atom stereocenters. The van der Waals surface area contributed by atoms with Gasteiger partial charge in [0.25, 0.3) is 0 Å². The van der Waals surface area contributed by atoms with Crippen molar-refractivity contribution in [3.8, 4) is 5.69 Å². The van der Waals surface area contributed by atoms with Gasteiger partial charge in [0, 0.05) is 12.7 Å². The van der Waals surface area contributed by atoms with E-state index < -0.39 is 17.9 Å². The van der Waals surface area contributed by atoms with Gasteiger partial charge in [0.15, 0.2) is 5.69 Å². The van der Waals surface area contributed by atoms with Crippen molar-refractivity contribution in [2.24, 2.45) is 0 Å². The van der Waals surface area contributed by atoms with E-state index in [1.165, 1.54) is 23.6 Å². The Labute approximate surface area is 169 Å². The summed E-state index contributed by atoms with van der Waals surface area (Å²) in [5, 5.41) is 4.31. The molecule has 2 aromatic heterocycles. The lowest BCUT2D eigenvalue weighted by atomic mass is 10.0. The molecule has 1 aliphatic heterocycles. The van der Waals surface area contributed by atoms with E-state index in [1.54, 1.807) is 34.8 Å². The van der Waals surface area contributed by atoms with E-state index in [9.17, 15) is 22.4 Å². The Bertz CT molecular complexity index is 1080. The number of benzene rings is 1. The maximum Gasteiger partial charge on any atom is 0.434 e. The van der Waals surface area contributed by atoms with E-state index in [4.69, 9.17) is 0 Å². The molecule has 0 spiro atoms. The van der Waals surface area contributed by atoms with Gasteiger partial charge in [-0.15, -0.1) is 0 Å². The first-order valence-electron chi connectivity index (χ1n) is 9.41. The summed E-state index contributed by atoms with van der Waals surface area (Å²) in [5.74, 6) is -0.537. The van der Waals surface area contributed by atoms with Crippen LogP contribution in [0.15, 0.2) is 36.7 Å². The SMILES string of the molecule is Cc1nc(C(F)(F)F)cn1C1CCCN(c2cnn(-c3ccc(F)cc3)c2C)C1=O. The Morgan fingerprint density at radius 3 is 2.47 bits per heavy atom. The summed E-state index contributed by atoms with van der Waals surface area (Å²) in [6.45, 7) is 3.68. The Hall–Kier alpha value is -3.17. The van der Waals surface area contributed by atoms with Crippen LogP contribution in [-0.4, -0.2) is 31.8 Å². The van der Waals surface area contributed by atoms with Crippen LogP contribution in [0.1, 0.15) is 36.1 Å². The first-order valence-corrected chi connectivity index (χ1v) is 9.41. The first kappa shape index (κ1) is 20.1. The van der Waals surface area contributed by atoms with E-state index in [-0.39, 0.29) is 17.5 Å². The highest BCUT2D eigenvalue weighted by atomic mass is 19.4. The minimum Gasteiger partial charge on any atom is -0.322 e. The summed E-state index contributed by atoms with van der Waals surface area (Å²) in [6, 6.07) is 5.02. The number of alkyl halides is 3. The molecular weight excluding hydrogens is 402 g/mol. The van der Waals surface area contributed by atoms with Gasteiger partial charge in [0.1, 0.15) is 17.7 Å². The first-order chi connectivity index (χ1) is 14.2. The van der Waals surface area contributed by atoms with Gasteiger partial charge in [0.05, 0.1) is 23.3 Å². The van der Waals surface area contributed by atoms with Gasteiger partial charge in [-0.3, -0.25) is 4.79 Å². The molecule has 6 nitrogen and oxygen atoms in total. The number of halogens is 4. The van der Waals surface area contributed by atoms with Crippen LogP contribution in [-0.2, 0) is 11.0 Å². The third-order valence-electron chi connectivity index (χ3n) is 5.30. The highest BCUT2D eigenvalue weighted by molar-refractivity contribution is 5.97. The monoisotopic (exact) mass is 421 g/mol. The van der Waals surface area contributed by atoms with Gasteiger partial charge in [-0.1, -0.05) is 0 Å². The summed E-state index contributed by atoms with van der Waals surface area (Å²) < 4.78 is 55.2. The molecule has 158 valence electrons. The number of nitrogens with zero attached hydrogens (tertiary/aromatic N) is 5. The summed E-state index contributed by atoms with van der Waals surface area (Å²) in [5.41, 5.74) is 0.878. The number of aryl methyl sites for hydroxylation is 1. The van der Waals surface area contributed by atoms with Gasteiger partial charge in [-0.25, -0.2) is 14.1 Å². The summed E-state index contributed by atoms with van der Waals surface area (Å²) in [6.07, 6.45) is -1.08. The summed E-state index contributed by atoms with van der Waals surface area (Å²) >= 11 is 0. The average molecular weight is 421 g/mol. The molecule has 0 N–H and O–H groups in total. The minimum absolute atomic E-state index is 0.140. The Kier molecular flexibility index (Phi) is 4.87. The maximum absolute atomic E-state index is 13.2. The van der Waals surface area contributed by atoms with Gasteiger partial charge in [-0.05, 0) is 51.0 Å². The molecule has 0 radical (unpaired) electrons. The number of aromatic nitrogens is 4. The Morgan fingerprint density at radius 2 is 1.83 bits per heavy atom. The topological polar surface area (TPSA) is 56.0 Å². The molecule has 30 heavy (non-hydrogen) atoms. The third-order valence-corrected chi connectivity index (χ3v) is 5.30. The zero-order valence-electron chi connectivity index (χ0n) is 16.3. The predicted octanol–water partition coefficient (Wildman–Crippen LogP) is 4.21. The normalized spacial score (nSPS) is 17.6. The zero-order valence-corrected chi connectivity index (χ0v) is 16.3. The van der Waals surface area contributed by atoms with Gasteiger partial charge in [-0.2, -0.15) is 18.3 Å². The smallest absolute Gasteiger partial charge is 0.322 e. The third kappa shape index (κ3) is 3.46. The Balaban J connectivity index is 1.65. The number of anilines is 1. The largest absolute Gasteiger partial charge is 0.434 e. The van der Waals surface area contributed by atoms with Crippen molar-refractivity contribution < 1.29 is 22.4 Å². The van der Waals surface area contributed by atoms with Crippen LogP contribution in [0.3, 0.4) is 0 Å². The number of carbonyl (C=O) groups excluding carboxylic acids is 1. The number of piperidine rings is 1. The van der Waals surface area contributed by atoms with Crippen LogP contribution in [0.25, 0.3) is 5.69 Å². The van der Waals surface area contributed by atoms with Crippen molar-refractivity contribution in [1.82, 2.24) is 19.3 Å². The number of rotatable bonds is 3. The molecule has 1 amide bonds. The molecule has 3 aromatic rings. The van der Waals surface area contributed by atoms with Crippen molar-refractivity contribution in [2.75, 3.05) is 11.4 Å². The van der Waals surface area contributed by atoms with Crippen molar-refractivity contribution >= 4 is 11.6 Å². The molecule has 3 heterocycles. The van der Waals surface area contributed by atoms with E-state index in [0.717, 1.165) is 6.20 Å². The molecule has 1 saturated heterocycles. The molecule has 4 rings (SSSR count). The molecule has 10 heteroatoms. The van der Waals surface area contributed by atoms with Crippen molar-refractivity contribution in [3.05, 3.63) is 59.7 Å². The van der Waals surface area contributed by atoms with Crippen molar-refractivity contribution in [2.45, 2.75) is 38.9 Å². The lowest BCUT2D eigenvalue weighted by Crippen LogP contribution is -2.42. The van der Waals surface area contributed by atoms with E-state index in [1.807, 2.05) is 0 Å². The second-order valence-corrected chi connectivity index (χ2v) is 7.23. The summed E-state index contributed by atoms with van der Waals surface area (Å²) in [4.78, 5) is 18.3. The number of hydrogen-bond donors (Lipinski definition) is 0. The highest BCUT2D eigenvalue weighted by Crippen LogP contribution is 2.34. The van der Waals surface area contributed by atoms with Crippen LogP contribution in [0.4, 0.5) is 23.2 Å². The summed E-state index contributed by atoms with van der Waals surface area (Å²) in [7, 11) is 0. The predicted molar refractivity (Wildman–Crippen MR) is 101 cm³/mol. The molecule has 1 aromatic carbocycles. The van der Waals surface area contributed by atoms with E-state index >= 15 is 0 Å². The lowest BCUT2D eigenvalue weighted by Gasteiger charge is -2.33. The number of hydrogen-bond acceptors (Lipinski definition) is 3. The number of amides is 1. The zero-order chi connectivity index (χ0) is 21.6. The standard InChI is InChI=1S/C20H19F4N5O/c1-12-17(10-25-29(12)15-7-5-14(21)6-8-15)27-9-3-4-16(19(27)30)28-11-18(20(22,23)24)26-13(28)2/h5-8,10-11,16H,3-4,9H2,1-2H3. The quantitative estimate of drug-likeness (QED) is 0.596. The molecule has 0 bridgehead atoms. The van der Waals surface area contributed by atoms with Gasteiger partial charge >= 0.3 is 6.18 Å². The van der Waals surface area contributed by atoms with Gasteiger partial charge < -0.3 is 9.47 Å². The molecule has 0 saturated carbocycles. The molecule has 1 atom stereocenters. The van der Waals surface area contributed by atoms with Crippen LogP contribution in [0.2, 0.25) is 0 Å². The minimum atomic E-state index is -4.57. The van der Waals surface area contributed by atoms with Crippen LogP contribution in [0.5, 0.6) is 0 Å². The van der Waals surface area contributed by atoms with Crippen LogP contribution < -0.4 is 4.90 Å². The Morgan fingerprint density at radius 1 is 1.13 bits per heavy atom. The molecule has 1 aliphatic rings. The second-order valence-electron chi connectivity index (χ2n) is 7.23. The van der Waals surface area contributed by atoms with Crippen LogP contribution >= 0.6 is 0 Å². The fraction of sp³-hybridized carbons (Fsp3) is 0.350. The lowest BCUT2D eigenvalue weighted by molar-refractivity contribution is -0.141. The number of imidazole rings is 1. The molecular formula is C20H19F4N5O. The highest BCUT2D eigenvalue weighted by Gasteiger charge is 2.38. The van der Waals surface area contributed by atoms with Crippen molar-refractivity contribution in [3.63, 3.8) is 0 Å². The van der Waals surface area contributed by atoms with Crippen molar-refractivity contribution in [1.29, 1.82) is 0 Å². The fourth-order valence-electron chi connectivity index (χ4n) is 3.80. The number of carbonyl (C=O) groups is 1. The average Bonchev–Trinajstić information content (AvgIpc) is 3.26. The van der Waals surface area contributed by atoms with E-state index in [0.29, 0.717) is 36.5 Å². The fourth-order valence-corrected chi connectivity index (χ4v) is 3.80. The van der Waals surface area contributed by atoms with Gasteiger partial charge in [0.2, 0.25) is 5.91 Å².